The van der Waals surface area contributed by atoms with E-state index < -0.39 is 16.0 Å². The van der Waals surface area contributed by atoms with Gasteiger partial charge in [0.2, 0.25) is 10.0 Å². The molecule has 3 rings (SSSR count). The molecular weight excluding hydrogens is 342 g/mol. The molecule has 1 fully saturated rings. The van der Waals surface area contributed by atoms with E-state index in [1.165, 1.54) is 16.6 Å². The Bertz CT molecular complexity index is 927. The van der Waals surface area contributed by atoms with Crippen LogP contribution in [-0.4, -0.2) is 46.6 Å². The Balaban J connectivity index is 2.04. The minimum absolute atomic E-state index is 0.175. The Morgan fingerprint density at radius 1 is 1.28 bits per heavy atom. The van der Waals surface area contributed by atoms with E-state index in [1.807, 2.05) is 6.92 Å². The van der Waals surface area contributed by atoms with E-state index in [4.69, 9.17) is 5.11 Å². The summed E-state index contributed by atoms with van der Waals surface area (Å²) in [6.07, 6.45) is 2.63. The number of carboxylic acid groups (broad SMARTS) is 1. The van der Waals surface area contributed by atoms with Crippen molar-refractivity contribution in [3.63, 3.8) is 0 Å². The molecule has 0 spiro atoms. The van der Waals surface area contributed by atoms with Crippen LogP contribution in [0, 0.1) is 6.92 Å². The highest BCUT2D eigenvalue weighted by Crippen LogP contribution is 2.33. The van der Waals surface area contributed by atoms with Gasteiger partial charge in [-0.2, -0.15) is 4.31 Å². The monoisotopic (exact) mass is 361 g/mol. The molecule has 1 atom stereocenters. The normalized spacial score (nSPS) is 18.4. The molecule has 0 bridgehead atoms. The third-order valence-electron chi connectivity index (χ3n) is 4.20. The van der Waals surface area contributed by atoms with Gasteiger partial charge in [0.15, 0.2) is 0 Å². The molecule has 2 heterocycles. The van der Waals surface area contributed by atoms with Crippen molar-refractivity contribution >= 4 is 16.0 Å². The van der Waals surface area contributed by atoms with Crippen molar-refractivity contribution in [2.75, 3.05) is 12.8 Å². The number of carboxylic acids is 1. The van der Waals surface area contributed by atoms with Crippen LogP contribution >= 0.6 is 0 Å². The summed E-state index contributed by atoms with van der Waals surface area (Å²) >= 11 is 0. The number of sulfonamides is 1. The van der Waals surface area contributed by atoms with Crippen LogP contribution in [0.5, 0.6) is 0 Å². The molecule has 1 aliphatic rings. The molecule has 25 heavy (non-hydrogen) atoms. The molecule has 0 aliphatic carbocycles. The van der Waals surface area contributed by atoms with Gasteiger partial charge in [-0.15, -0.1) is 0 Å². The molecule has 132 valence electrons. The summed E-state index contributed by atoms with van der Waals surface area (Å²) in [6, 6.07) is 7.90. The van der Waals surface area contributed by atoms with Crippen LogP contribution < -0.4 is 0 Å². The number of aromatic nitrogens is 2. The maximum atomic E-state index is 12.0. The van der Waals surface area contributed by atoms with E-state index in [1.54, 1.807) is 24.3 Å². The van der Waals surface area contributed by atoms with Crippen LogP contribution in [0.2, 0.25) is 0 Å². The first kappa shape index (κ1) is 17.5. The van der Waals surface area contributed by atoms with Crippen LogP contribution in [0.3, 0.4) is 0 Å². The maximum absolute atomic E-state index is 12.0. The van der Waals surface area contributed by atoms with Crippen LogP contribution in [0.1, 0.15) is 40.8 Å². The van der Waals surface area contributed by atoms with Gasteiger partial charge >= 0.3 is 5.97 Å². The lowest BCUT2D eigenvalue weighted by atomic mass is 10.1. The van der Waals surface area contributed by atoms with Crippen molar-refractivity contribution in [3.05, 3.63) is 47.4 Å². The summed E-state index contributed by atoms with van der Waals surface area (Å²) in [6.45, 7) is 2.28. The number of aryl methyl sites for hydroxylation is 1. The fraction of sp³-hybridized carbons (Fsp3) is 0.353. The second-order valence-electron chi connectivity index (χ2n) is 6.17. The highest BCUT2D eigenvalue weighted by Gasteiger charge is 2.34. The van der Waals surface area contributed by atoms with Crippen molar-refractivity contribution in [3.8, 4) is 11.3 Å². The lowest BCUT2D eigenvalue weighted by Crippen LogP contribution is -2.30. The molecule has 1 N–H and O–H groups in total. The molecule has 2 aromatic rings. The van der Waals surface area contributed by atoms with Gasteiger partial charge in [-0.3, -0.25) is 0 Å². The molecule has 1 aliphatic heterocycles. The Morgan fingerprint density at radius 3 is 2.72 bits per heavy atom. The maximum Gasteiger partial charge on any atom is 0.335 e. The molecule has 1 aromatic carbocycles. The van der Waals surface area contributed by atoms with Crippen molar-refractivity contribution < 1.29 is 18.3 Å². The fourth-order valence-electron chi connectivity index (χ4n) is 3.10. The zero-order valence-electron chi connectivity index (χ0n) is 14.0. The number of benzene rings is 1. The highest BCUT2D eigenvalue weighted by atomic mass is 32.2. The van der Waals surface area contributed by atoms with Crippen LogP contribution in [0.25, 0.3) is 11.3 Å². The standard InChI is InChI=1S/C17H19N3O4S/c1-11-9-14(12-5-3-6-13(10-12)17(21)22)19-16(18-11)15-7-4-8-20(15)25(2,23)24/h3,5-6,9-10,15H,4,7-8H2,1-2H3,(H,21,22)/t15-/m1/s1. The molecule has 0 saturated carbocycles. The second kappa shape index (κ2) is 6.53. The molecule has 1 saturated heterocycles. The number of hydrogen-bond donors (Lipinski definition) is 1. The Morgan fingerprint density at radius 2 is 2.04 bits per heavy atom. The largest absolute Gasteiger partial charge is 0.478 e. The number of aromatic carboxylic acids is 1. The summed E-state index contributed by atoms with van der Waals surface area (Å²) in [5.41, 5.74) is 2.14. The van der Waals surface area contributed by atoms with Gasteiger partial charge in [-0.1, -0.05) is 12.1 Å². The number of carbonyl (C=O) groups is 1. The van der Waals surface area contributed by atoms with E-state index in [2.05, 4.69) is 9.97 Å². The zero-order valence-corrected chi connectivity index (χ0v) is 14.8. The van der Waals surface area contributed by atoms with E-state index in [0.717, 1.165) is 6.42 Å². The second-order valence-corrected chi connectivity index (χ2v) is 8.11. The fourth-order valence-corrected chi connectivity index (χ4v) is 4.22. The van der Waals surface area contributed by atoms with Gasteiger partial charge in [0.05, 0.1) is 23.6 Å². The number of rotatable bonds is 4. The Hall–Kier alpha value is -2.32. The lowest BCUT2D eigenvalue weighted by Gasteiger charge is -2.21. The smallest absolute Gasteiger partial charge is 0.335 e. The first-order valence-corrected chi connectivity index (χ1v) is 9.76. The zero-order chi connectivity index (χ0) is 18.2. The average molecular weight is 361 g/mol. The molecule has 0 radical (unpaired) electrons. The van der Waals surface area contributed by atoms with Crippen molar-refractivity contribution in [1.82, 2.24) is 14.3 Å². The average Bonchev–Trinajstić information content (AvgIpc) is 3.04. The van der Waals surface area contributed by atoms with Gasteiger partial charge < -0.3 is 5.11 Å². The number of hydrogen-bond acceptors (Lipinski definition) is 5. The van der Waals surface area contributed by atoms with Crippen LogP contribution in [0.4, 0.5) is 0 Å². The quantitative estimate of drug-likeness (QED) is 0.896. The van der Waals surface area contributed by atoms with E-state index in [-0.39, 0.29) is 11.6 Å². The van der Waals surface area contributed by atoms with Crippen LogP contribution in [-0.2, 0) is 10.0 Å². The summed E-state index contributed by atoms with van der Waals surface area (Å²) in [4.78, 5) is 20.1. The van der Waals surface area contributed by atoms with Crippen molar-refractivity contribution in [2.45, 2.75) is 25.8 Å². The van der Waals surface area contributed by atoms with Gasteiger partial charge in [-0.05, 0) is 38.0 Å². The third kappa shape index (κ3) is 3.69. The summed E-state index contributed by atoms with van der Waals surface area (Å²) < 4.78 is 25.4. The van der Waals surface area contributed by atoms with Gasteiger partial charge in [0.1, 0.15) is 5.82 Å². The molecule has 8 heteroatoms. The van der Waals surface area contributed by atoms with Crippen molar-refractivity contribution in [1.29, 1.82) is 0 Å². The lowest BCUT2D eigenvalue weighted by molar-refractivity contribution is 0.0697. The molecule has 0 amide bonds. The minimum Gasteiger partial charge on any atom is -0.478 e. The predicted octanol–water partition coefficient (Wildman–Crippen LogP) is 2.25. The molecule has 1 aromatic heterocycles. The Labute approximate surface area is 146 Å². The van der Waals surface area contributed by atoms with Gasteiger partial charge in [0.25, 0.3) is 0 Å². The van der Waals surface area contributed by atoms with Crippen LogP contribution in [0.15, 0.2) is 30.3 Å². The predicted molar refractivity (Wildman–Crippen MR) is 92.7 cm³/mol. The molecule has 7 nitrogen and oxygen atoms in total. The SMILES string of the molecule is Cc1cc(-c2cccc(C(=O)O)c2)nc([C@H]2CCCN2S(C)(=O)=O)n1. The molecule has 0 unspecified atom stereocenters. The Kier molecular flexibility index (Phi) is 4.57. The minimum atomic E-state index is -3.33. The number of nitrogens with zero attached hydrogens (tertiary/aromatic N) is 3. The summed E-state index contributed by atoms with van der Waals surface area (Å²) in [5.74, 6) is -0.550. The van der Waals surface area contributed by atoms with E-state index in [9.17, 15) is 13.2 Å². The van der Waals surface area contributed by atoms with Gasteiger partial charge in [0, 0.05) is 17.8 Å². The summed E-state index contributed by atoms with van der Waals surface area (Å²) in [7, 11) is -3.33. The first-order chi connectivity index (χ1) is 11.8. The van der Waals surface area contributed by atoms with Gasteiger partial charge in [-0.25, -0.2) is 23.2 Å². The summed E-state index contributed by atoms with van der Waals surface area (Å²) in [5, 5.41) is 9.16. The first-order valence-electron chi connectivity index (χ1n) is 7.92. The van der Waals surface area contributed by atoms with E-state index >= 15 is 0 Å². The highest BCUT2D eigenvalue weighted by molar-refractivity contribution is 7.88. The topological polar surface area (TPSA) is 100 Å². The van der Waals surface area contributed by atoms with E-state index in [0.29, 0.717) is 35.7 Å². The third-order valence-corrected chi connectivity index (χ3v) is 5.49. The van der Waals surface area contributed by atoms with Crippen molar-refractivity contribution in [2.24, 2.45) is 0 Å². The molecular formula is C17H19N3O4S.